The molecular formula is C21H28N5O+. The highest BCUT2D eigenvalue weighted by Gasteiger charge is 2.24. The van der Waals surface area contributed by atoms with Crippen LogP contribution in [0.15, 0.2) is 30.3 Å². The molecule has 0 radical (unpaired) electrons. The third-order valence-electron chi connectivity index (χ3n) is 5.54. The summed E-state index contributed by atoms with van der Waals surface area (Å²) in [4.78, 5) is 8.96. The van der Waals surface area contributed by atoms with Gasteiger partial charge in [0, 0.05) is 17.3 Å². The Hall–Kier alpha value is -2.60. The number of likely N-dealkylation sites (N-methyl/N-ethyl adjacent to an activating group) is 1. The standard InChI is InChI=1S/C21H27N5O/c1-5-24-10-12-25(13-11-24)19-14-15(2)22-21-20(16(3)23-26(19)21)17-8-6-7-9-18(17)27-4/h6-9,14H,5,10-13H2,1-4H3/p+1. The molecule has 0 spiro atoms. The largest absolute Gasteiger partial charge is 0.496 e. The number of methoxy groups -OCH3 is 1. The number of nitrogens with one attached hydrogen (secondary N) is 1. The molecule has 3 aromatic rings. The number of rotatable bonds is 4. The van der Waals surface area contributed by atoms with E-state index in [0.29, 0.717) is 0 Å². The Labute approximate surface area is 160 Å². The molecule has 1 aliphatic rings. The zero-order chi connectivity index (χ0) is 19.0. The fourth-order valence-electron chi connectivity index (χ4n) is 4.02. The molecule has 1 saturated heterocycles. The lowest BCUT2D eigenvalue weighted by Crippen LogP contribution is -3.14. The molecule has 2 aromatic heterocycles. The molecule has 1 aromatic carbocycles. The minimum atomic E-state index is 0.848. The maximum atomic E-state index is 5.60. The van der Waals surface area contributed by atoms with E-state index in [9.17, 15) is 0 Å². The number of fused-ring (bicyclic) bond motifs is 1. The van der Waals surface area contributed by atoms with E-state index in [2.05, 4.69) is 37.8 Å². The lowest BCUT2D eigenvalue weighted by Gasteiger charge is -2.33. The smallest absolute Gasteiger partial charge is 0.165 e. The molecular weight excluding hydrogens is 338 g/mol. The van der Waals surface area contributed by atoms with E-state index in [4.69, 9.17) is 14.8 Å². The number of aromatic nitrogens is 3. The summed E-state index contributed by atoms with van der Waals surface area (Å²) < 4.78 is 7.61. The van der Waals surface area contributed by atoms with Crippen molar-refractivity contribution in [3.63, 3.8) is 0 Å². The van der Waals surface area contributed by atoms with Gasteiger partial charge in [0.15, 0.2) is 5.65 Å². The van der Waals surface area contributed by atoms with E-state index in [1.165, 1.54) is 19.6 Å². The normalized spacial score (nSPS) is 15.5. The zero-order valence-corrected chi connectivity index (χ0v) is 16.6. The van der Waals surface area contributed by atoms with Gasteiger partial charge < -0.3 is 14.5 Å². The molecule has 1 aliphatic heterocycles. The van der Waals surface area contributed by atoms with Crippen molar-refractivity contribution >= 4 is 11.5 Å². The van der Waals surface area contributed by atoms with Gasteiger partial charge in [-0.15, -0.1) is 0 Å². The van der Waals surface area contributed by atoms with Crippen LogP contribution < -0.4 is 14.5 Å². The number of piperazine rings is 1. The van der Waals surface area contributed by atoms with Crippen molar-refractivity contribution in [3.05, 3.63) is 41.7 Å². The van der Waals surface area contributed by atoms with Crippen molar-refractivity contribution in [1.82, 2.24) is 14.6 Å². The van der Waals surface area contributed by atoms with E-state index in [1.807, 2.05) is 22.7 Å². The molecule has 0 saturated carbocycles. The summed E-state index contributed by atoms with van der Waals surface area (Å²) >= 11 is 0. The van der Waals surface area contributed by atoms with Gasteiger partial charge in [-0.3, -0.25) is 0 Å². The Bertz CT molecular complexity index is 957. The van der Waals surface area contributed by atoms with Crippen molar-refractivity contribution in [2.75, 3.05) is 44.7 Å². The van der Waals surface area contributed by atoms with Crippen LogP contribution in [0.3, 0.4) is 0 Å². The SMILES string of the molecule is CC[NH+]1CCN(c2cc(C)nc3c(-c4ccccc4OC)c(C)nn23)CC1. The van der Waals surface area contributed by atoms with Gasteiger partial charge in [0.25, 0.3) is 0 Å². The first-order valence-electron chi connectivity index (χ1n) is 9.71. The maximum Gasteiger partial charge on any atom is 0.165 e. The molecule has 27 heavy (non-hydrogen) atoms. The van der Waals surface area contributed by atoms with Crippen molar-refractivity contribution in [3.8, 4) is 16.9 Å². The second-order valence-electron chi connectivity index (χ2n) is 7.24. The van der Waals surface area contributed by atoms with Gasteiger partial charge >= 0.3 is 0 Å². The van der Waals surface area contributed by atoms with Crippen molar-refractivity contribution < 1.29 is 9.64 Å². The number of nitrogens with zero attached hydrogens (tertiary/aromatic N) is 4. The average molecular weight is 366 g/mol. The third-order valence-corrected chi connectivity index (χ3v) is 5.54. The number of hydrogen-bond acceptors (Lipinski definition) is 4. The Balaban J connectivity index is 1.85. The topological polar surface area (TPSA) is 47.1 Å². The fourth-order valence-corrected chi connectivity index (χ4v) is 4.02. The van der Waals surface area contributed by atoms with Crippen molar-refractivity contribution in [2.45, 2.75) is 20.8 Å². The summed E-state index contributed by atoms with van der Waals surface area (Å²) in [6, 6.07) is 10.2. The van der Waals surface area contributed by atoms with Crippen molar-refractivity contribution in [1.29, 1.82) is 0 Å². The average Bonchev–Trinajstić information content (AvgIpc) is 3.02. The van der Waals surface area contributed by atoms with E-state index >= 15 is 0 Å². The molecule has 0 amide bonds. The van der Waals surface area contributed by atoms with Crippen molar-refractivity contribution in [2.24, 2.45) is 0 Å². The van der Waals surface area contributed by atoms with Crippen LogP contribution in [0.1, 0.15) is 18.3 Å². The van der Waals surface area contributed by atoms with Crippen LogP contribution in [0.4, 0.5) is 5.82 Å². The summed E-state index contributed by atoms with van der Waals surface area (Å²) in [7, 11) is 1.71. The van der Waals surface area contributed by atoms with Crippen LogP contribution >= 0.6 is 0 Å². The summed E-state index contributed by atoms with van der Waals surface area (Å²) in [6.45, 7) is 12.0. The molecule has 0 atom stereocenters. The van der Waals surface area contributed by atoms with Gasteiger partial charge in [-0.05, 0) is 26.8 Å². The fraction of sp³-hybridized carbons (Fsp3) is 0.429. The molecule has 0 aliphatic carbocycles. The van der Waals surface area contributed by atoms with Crippen LogP contribution in [-0.4, -0.2) is 54.4 Å². The molecule has 142 valence electrons. The number of ether oxygens (including phenoxy) is 1. The minimum Gasteiger partial charge on any atom is -0.496 e. The highest BCUT2D eigenvalue weighted by Crippen LogP contribution is 2.35. The Kier molecular flexibility index (Phi) is 4.74. The highest BCUT2D eigenvalue weighted by atomic mass is 16.5. The second-order valence-corrected chi connectivity index (χ2v) is 7.24. The monoisotopic (exact) mass is 366 g/mol. The first-order chi connectivity index (χ1) is 13.1. The maximum absolute atomic E-state index is 5.60. The van der Waals surface area contributed by atoms with Crippen LogP contribution in [0.25, 0.3) is 16.8 Å². The van der Waals surface area contributed by atoms with Gasteiger partial charge in [-0.25, -0.2) is 4.98 Å². The molecule has 1 N–H and O–H groups in total. The van der Waals surface area contributed by atoms with Crippen LogP contribution in [0.5, 0.6) is 5.75 Å². The molecule has 4 rings (SSSR count). The van der Waals surface area contributed by atoms with E-state index in [1.54, 1.807) is 12.0 Å². The lowest BCUT2D eigenvalue weighted by molar-refractivity contribution is -0.898. The molecule has 1 fully saturated rings. The number of benzene rings is 1. The van der Waals surface area contributed by atoms with Crippen LogP contribution in [0, 0.1) is 13.8 Å². The minimum absolute atomic E-state index is 0.848. The Morgan fingerprint density at radius 3 is 2.59 bits per heavy atom. The van der Waals surface area contributed by atoms with Gasteiger partial charge in [0.1, 0.15) is 11.6 Å². The van der Waals surface area contributed by atoms with Gasteiger partial charge in [-0.1, -0.05) is 18.2 Å². The van der Waals surface area contributed by atoms with Gasteiger partial charge in [0.2, 0.25) is 0 Å². The summed E-state index contributed by atoms with van der Waals surface area (Å²) in [5.41, 5.74) is 4.97. The van der Waals surface area contributed by atoms with Gasteiger partial charge in [0.05, 0.1) is 51.1 Å². The zero-order valence-electron chi connectivity index (χ0n) is 16.6. The Morgan fingerprint density at radius 1 is 1.15 bits per heavy atom. The molecule has 6 heteroatoms. The number of quaternary nitrogens is 1. The first kappa shape index (κ1) is 17.8. The third kappa shape index (κ3) is 3.14. The molecule has 0 bridgehead atoms. The van der Waals surface area contributed by atoms with Crippen LogP contribution in [0.2, 0.25) is 0 Å². The summed E-state index contributed by atoms with van der Waals surface area (Å²) in [5, 5.41) is 4.87. The number of aryl methyl sites for hydroxylation is 2. The highest BCUT2D eigenvalue weighted by molar-refractivity contribution is 5.84. The van der Waals surface area contributed by atoms with Gasteiger partial charge in [-0.2, -0.15) is 9.61 Å². The summed E-state index contributed by atoms with van der Waals surface area (Å²) in [5.74, 6) is 1.98. The lowest BCUT2D eigenvalue weighted by atomic mass is 10.1. The summed E-state index contributed by atoms with van der Waals surface area (Å²) in [6.07, 6.45) is 0. The number of para-hydroxylation sites is 1. The number of anilines is 1. The van der Waals surface area contributed by atoms with E-state index in [0.717, 1.165) is 52.8 Å². The predicted molar refractivity (Wildman–Crippen MR) is 108 cm³/mol. The second kappa shape index (κ2) is 7.19. The first-order valence-corrected chi connectivity index (χ1v) is 9.71. The van der Waals surface area contributed by atoms with E-state index < -0.39 is 0 Å². The molecule has 3 heterocycles. The molecule has 6 nitrogen and oxygen atoms in total. The predicted octanol–water partition coefficient (Wildman–Crippen LogP) is 1.75. The number of hydrogen-bond donors (Lipinski definition) is 1. The molecule has 0 unspecified atom stereocenters. The quantitative estimate of drug-likeness (QED) is 0.764. The van der Waals surface area contributed by atoms with Crippen LogP contribution in [-0.2, 0) is 0 Å². The van der Waals surface area contributed by atoms with E-state index in [-0.39, 0.29) is 0 Å². The Morgan fingerprint density at radius 2 is 1.89 bits per heavy atom.